The lowest BCUT2D eigenvalue weighted by molar-refractivity contribution is 0.165. The molecule has 1 N–H and O–H groups in total. The van der Waals surface area contributed by atoms with Crippen molar-refractivity contribution in [3.05, 3.63) is 0 Å². The lowest BCUT2D eigenvalue weighted by Gasteiger charge is -2.37. The van der Waals surface area contributed by atoms with Gasteiger partial charge in [-0.3, -0.25) is 0 Å². The smallest absolute Gasteiger partial charge is 0.292 e. The van der Waals surface area contributed by atoms with E-state index in [0.717, 1.165) is 70.7 Å². The van der Waals surface area contributed by atoms with Crippen molar-refractivity contribution >= 4 is 23.9 Å². The van der Waals surface area contributed by atoms with E-state index >= 15 is 0 Å². The topological polar surface area (TPSA) is 43.2 Å². The zero-order chi connectivity index (χ0) is 18.5. The van der Waals surface area contributed by atoms with Crippen molar-refractivity contribution in [2.24, 2.45) is 9.98 Å². The van der Waals surface area contributed by atoms with Crippen LogP contribution in [0.1, 0.15) is 79.1 Å². The van der Waals surface area contributed by atoms with E-state index in [0.29, 0.717) is 0 Å². The molecule has 0 amide bonds. The first kappa shape index (κ1) is 22.2. The average molecular weight is 372 g/mol. The number of hydrogen-bond donors (Lipinski definition) is 1. The Labute approximate surface area is 159 Å². The average Bonchev–Trinajstić information content (AvgIpc) is 2.61. The van der Waals surface area contributed by atoms with Crippen molar-refractivity contribution in [2.75, 3.05) is 26.2 Å². The van der Waals surface area contributed by atoms with Gasteiger partial charge in [-0.05, 0) is 37.3 Å². The lowest BCUT2D eigenvalue weighted by Crippen LogP contribution is -2.51. The number of aliphatic imine (C=N–C) groups is 2. The summed E-state index contributed by atoms with van der Waals surface area (Å²) in [6.07, 6.45) is 10.9. The molecule has 0 aromatic rings. The van der Waals surface area contributed by atoms with Gasteiger partial charge >= 0.3 is 0 Å². The molecule has 0 aromatic heterocycles. The van der Waals surface area contributed by atoms with E-state index in [1.807, 2.05) is 0 Å². The van der Waals surface area contributed by atoms with E-state index in [-0.39, 0.29) is 0 Å². The van der Waals surface area contributed by atoms with E-state index in [2.05, 4.69) is 47.8 Å². The van der Waals surface area contributed by atoms with E-state index in [1.165, 1.54) is 12.8 Å². The van der Waals surface area contributed by atoms with E-state index in [4.69, 9.17) is 16.6 Å². The predicted molar refractivity (Wildman–Crippen MR) is 110 cm³/mol. The Morgan fingerprint density at radius 1 is 0.880 bits per heavy atom. The van der Waals surface area contributed by atoms with Crippen LogP contribution in [0.25, 0.3) is 0 Å². The quantitative estimate of drug-likeness (QED) is 0.379. The van der Waals surface area contributed by atoms with Crippen LogP contribution in [0.4, 0.5) is 0 Å². The summed E-state index contributed by atoms with van der Waals surface area (Å²) in [5, 5.41) is 2.23. The van der Waals surface area contributed by atoms with Crippen LogP contribution in [0.3, 0.4) is 0 Å². The third-order valence-electron chi connectivity index (χ3n) is 4.50. The fourth-order valence-electron chi connectivity index (χ4n) is 2.80. The highest BCUT2D eigenvalue weighted by atomic mass is 35.5. The van der Waals surface area contributed by atoms with Gasteiger partial charge in [-0.25, -0.2) is 9.89 Å². The maximum Gasteiger partial charge on any atom is 0.292 e. The summed E-state index contributed by atoms with van der Waals surface area (Å²) in [6.45, 7) is 12.7. The summed E-state index contributed by atoms with van der Waals surface area (Å²) >= 11 is 6.89. The Kier molecular flexibility index (Phi) is 11.1. The molecule has 1 aliphatic rings. The van der Waals surface area contributed by atoms with Gasteiger partial charge in [0.1, 0.15) is 0 Å². The number of nitrogens with zero attached hydrogens (tertiary/aromatic N) is 4. The number of guanidine groups is 1. The van der Waals surface area contributed by atoms with Crippen LogP contribution >= 0.6 is 11.6 Å². The molecule has 0 spiro atoms. The second-order valence-corrected chi connectivity index (χ2v) is 7.29. The minimum atomic E-state index is -0.998. The second-order valence-electron chi connectivity index (χ2n) is 6.78. The summed E-state index contributed by atoms with van der Waals surface area (Å²) in [5.41, 5.74) is 0. The third-order valence-corrected chi connectivity index (χ3v) is 4.92. The number of hydrogen-bond acceptors (Lipinski definition) is 5. The lowest BCUT2D eigenvalue weighted by atomic mass is 10.2. The minimum absolute atomic E-state index is 0.866. The number of rotatable bonds is 13. The van der Waals surface area contributed by atoms with E-state index < -0.39 is 5.25 Å². The highest BCUT2D eigenvalue weighted by Gasteiger charge is 2.36. The number of halogens is 1. The maximum absolute atomic E-state index is 6.89. The largest absolute Gasteiger partial charge is 0.343 e. The fraction of sp³-hybridized carbons (Fsp3) is 0.895. The van der Waals surface area contributed by atoms with Crippen molar-refractivity contribution in [3.8, 4) is 0 Å². The minimum Gasteiger partial charge on any atom is -0.343 e. The first-order valence-corrected chi connectivity index (χ1v) is 10.6. The molecule has 25 heavy (non-hydrogen) atoms. The molecule has 0 fully saturated rings. The van der Waals surface area contributed by atoms with Gasteiger partial charge in [0, 0.05) is 26.2 Å². The molecular formula is C19H38ClN5. The first-order valence-electron chi connectivity index (χ1n) is 10.2. The van der Waals surface area contributed by atoms with Gasteiger partial charge in [0.2, 0.25) is 5.96 Å². The van der Waals surface area contributed by atoms with Crippen molar-refractivity contribution in [1.29, 1.82) is 0 Å². The zero-order valence-corrected chi connectivity index (χ0v) is 17.5. The molecule has 1 aliphatic heterocycles. The first-order chi connectivity index (χ1) is 12.1. The fourth-order valence-corrected chi connectivity index (χ4v) is 3.10. The van der Waals surface area contributed by atoms with Gasteiger partial charge in [0.05, 0.1) is 6.34 Å². The molecule has 0 aromatic carbocycles. The van der Waals surface area contributed by atoms with E-state index in [9.17, 15) is 0 Å². The monoisotopic (exact) mass is 371 g/mol. The molecule has 0 radical (unpaired) electrons. The Morgan fingerprint density at radius 3 is 1.84 bits per heavy atom. The normalized spacial score (nSPS) is 19.8. The van der Waals surface area contributed by atoms with Crippen LogP contribution in [0.15, 0.2) is 9.98 Å². The predicted octanol–water partition coefficient (Wildman–Crippen LogP) is 4.63. The number of alkyl halides is 1. The molecule has 146 valence electrons. The molecule has 1 atom stereocenters. The van der Waals surface area contributed by atoms with Crippen LogP contribution in [-0.4, -0.2) is 53.5 Å². The number of unbranched alkanes of at least 4 members (excludes halogenated alkanes) is 4. The highest BCUT2D eigenvalue weighted by molar-refractivity contribution is 6.24. The van der Waals surface area contributed by atoms with Crippen LogP contribution in [-0.2, 0) is 0 Å². The molecule has 1 heterocycles. The molecule has 6 heteroatoms. The van der Waals surface area contributed by atoms with Crippen LogP contribution < -0.4 is 5.32 Å². The molecular weight excluding hydrogens is 334 g/mol. The van der Waals surface area contributed by atoms with Gasteiger partial charge in [-0.15, -0.1) is 0 Å². The summed E-state index contributed by atoms with van der Waals surface area (Å²) in [6, 6.07) is 0. The van der Waals surface area contributed by atoms with Gasteiger partial charge in [0.15, 0.2) is 0 Å². The summed E-state index contributed by atoms with van der Waals surface area (Å²) in [5.74, 6) is 0.866. The Hall–Kier alpha value is -0.810. The van der Waals surface area contributed by atoms with Gasteiger partial charge < -0.3 is 10.2 Å². The molecule has 1 unspecified atom stereocenters. The van der Waals surface area contributed by atoms with Crippen molar-refractivity contribution in [2.45, 2.75) is 84.3 Å². The van der Waals surface area contributed by atoms with Crippen LogP contribution in [0.2, 0.25) is 0 Å². The van der Waals surface area contributed by atoms with E-state index in [1.54, 1.807) is 6.34 Å². The van der Waals surface area contributed by atoms with Crippen molar-refractivity contribution < 1.29 is 0 Å². The van der Waals surface area contributed by atoms with Crippen LogP contribution in [0.5, 0.6) is 0 Å². The van der Waals surface area contributed by atoms with Crippen LogP contribution in [0, 0.1) is 0 Å². The Bertz CT molecular complexity index is 397. The summed E-state index contributed by atoms with van der Waals surface area (Å²) in [7, 11) is 0. The molecule has 1 rings (SSSR count). The standard InChI is InChI=1S/C19H38ClN5/c1-5-9-13-24(14-10-6-2)18-21-17-22-19(20,23-18)25(15-11-7-3)16-12-8-4/h17H,5-16H2,1-4H3,(H,21,22,23). The maximum atomic E-state index is 6.89. The second kappa shape index (κ2) is 12.5. The van der Waals surface area contributed by atoms with Crippen molar-refractivity contribution in [1.82, 2.24) is 15.1 Å². The van der Waals surface area contributed by atoms with Gasteiger partial charge in [0.25, 0.3) is 5.25 Å². The summed E-state index contributed by atoms with van der Waals surface area (Å²) < 4.78 is 0. The SMILES string of the molecule is CCCCN(CCCC)C1=NC(Cl)(N(CCCC)CCCC)N=CN1. The molecule has 0 aliphatic carbocycles. The molecule has 5 nitrogen and oxygen atoms in total. The zero-order valence-electron chi connectivity index (χ0n) is 16.7. The third kappa shape index (κ3) is 7.53. The number of nitrogens with one attached hydrogen (secondary N) is 1. The molecule has 0 bridgehead atoms. The van der Waals surface area contributed by atoms with Gasteiger partial charge in [-0.1, -0.05) is 53.4 Å². The summed E-state index contributed by atoms with van der Waals surface area (Å²) in [4.78, 5) is 13.9. The Morgan fingerprint density at radius 2 is 1.36 bits per heavy atom. The Balaban J connectivity index is 2.93. The highest BCUT2D eigenvalue weighted by Crippen LogP contribution is 2.27. The van der Waals surface area contributed by atoms with Gasteiger partial charge in [-0.2, -0.15) is 4.99 Å². The van der Waals surface area contributed by atoms with Crippen molar-refractivity contribution in [3.63, 3.8) is 0 Å². The molecule has 0 saturated heterocycles. The molecule has 0 saturated carbocycles.